The number of nitro groups is 1. The van der Waals surface area contributed by atoms with Gasteiger partial charge in [0.15, 0.2) is 6.61 Å². The van der Waals surface area contributed by atoms with Crippen LogP contribution in [0.2, 0.25) is 15.1 Å². The standard InChI is InChI=1S/C28H23Cl3F3NO10/c29-18-2-6-24(22(31)14-18)44-16-26(36)42-11-9-40-7-8-41-10-12-43-27(37)20-15-19(3-4-23(20)35(38)39)45-25-5-1-17(13-21(25)30)28(32,33)34/h1-6,13-15H,7-12,16H2. The molecule has 45 heavy (non-hydrogen) atoms. The maximum absolute atomic E-state index is 12.9. The summed E-state index contributed by atoms with van der Waals surface area (Å²) in [5.74, 6) is -1.69. The zero-order valence-electron chi connectivity index (χ0n) is 22.9. The average Bonchev–Trinajstić information content (AvgIpc) is 2.97. The molecule has 0 saturated heterocycles. The van der Waals surface area contributed by atoms with Crippen molar-refractivity contribution >= 4 is 52.4 Å². The third-order valence-electron chi connectivity index (χ3n) is 5.43. The summed E-state index contributed by atoms with van der Waals surface area (Å²) in [5.41, 5.74) is -2.03. The Morgan fingerprint density at radius 2 is 1.40 bits per heavy atom. The lowest BCUT2D eigenvalue weighted by molar-refractivity contribution is -0.385. The minimum Gasteiger partial charge on any atom is -0.480 e. The summed E-state index contributed by atoms with van der Waals surface area (Å²) >= 11 is 17.6. The number of carbonyl (C=O) groups is 2. The molecule has 242 valence electrons. The first-order chi connectivity index (χ1) is 21.3. The lowest BCUT2D eigenvalue weighted by Gasteiger charge is -2.12. The number of rotatable bonds is 16. The number of ether oxygens (including phenoxy) is 6. The fourth-order valence-electron chi connectivity index (χ4n) is 3.37. The molecule has 0 N–H and O–H groups in total. The fraction of sp³-hybridized carbons (Fsp3) is 0.286. The summed E-state index contributed by atoms with van der Waals surface area (Å²) in [4.78, 5) is 34.9. The molecule has 0 aliphatic carbocycles. The maximum atomic E-state index is 12.9. The molecule has 3 aromatic carbocycles. The number of hydrogen-bond donors (Lipinski definition) is 0. The first-order valence-corrected chi connectivity index (χ1v) is 13.9. The van der Waals surface area contributed by atoms with Crippen LogP contribution in [0.5, 0.6) is 17.2 Å². The van der Waals surface area contributed by atoms with Gasteiger partial charge in [0.2, 0.25) is 0 Å². The Balaban J connectivity index is 1.35. The molecule has 3 aromatic rings. The van der Waals surface area contributed by atoms with Crippen LogP contribution in [0.4, 0.5) is 18.9 Å². The van der Waals surface area contributed by atoms with Crippen LogP contribution in [-0.2, 0) is 29.9 Å². The van der Waals surface area contributed by atoms with Gasteiger partial charge in [0.05, 0.1) is 47.0 Å². The van der Waals surface area contributed by atoms with Crippen molar-refractivity contribution in [2.24, 2.45) is 0 Å². The third kappa shape index (κ3) is 11.6. The van der Waals surface area contributed by atoms with Crippen LogP contribution >= 0.6 is 34.8 Å². The molecular formula is C28H23Cl3F3NO10. The molecular weight excluding hydrogens is 674 g/mol. The van der Waals surface area contributed by atoms with Gasteiger partial charge >= 0.3 is 18.1 Å². The quantitative estimate of drug-likeness (QED) is 0.0657. The van der Waals surface area contributed by atoms with E-state index in [1.54, 1.807) is 6.07 Å². The van der Waals surface area contributed by atoms with Gasteiger partial charge in [-0.1, -0.05) is 34.8 Å². The molecule has 0 amide bonds. The van der Waals surface area contributed by atoms with Crippen LogP contribution in [0.1, 0.15) is 15.9 Å². The number of esters is 2. The van der Waals surface area contributed by atoms with Gasteiger partial charge in [-0.25, -0.2) is 9.59 Å². The van der Waals surface area contributed by atoms with E-state index in [2.05, 4.69) is 0 Å². The van der Waals surface area contributed by atoms with Gasteiger partial charge in [-0.3, -0.25) is 10.1 Å². The van der Waals surface area contributed by atoms with E-state index < -0.39 is 39.9 Å². The molecule has 3 rings (SSSR count). The summed E-state index contributed by atoms with van der Waals surface area (Å²) in [6, 6.07) is 10.1. The van der Waals surface area contributed by atoms with Crippen LogP contribution in [-0.4, -0.2) is 63.1 Å². The molecule has 0 bridgehead atoms. The predicted octanol–water partition coefficient (Wildman–Crippen LogP) is 7.18. The summed E-state index contributed by atoms with van der Waals surface area (Å²) in [7, 11) is 0. The summed E-state index contributed by atoms with van der Waals surface area (Å²) in [6.07, 6.45) is -4.62. The molecule has 17 heteroatoms. The van der Waals surface area contributed by atoms with Crippen molar-refractivity contribution < 1.29 is 56.1 Å². The Bertz CT molecular complexity index is 1510. The molecule has 0 aromatic heterocycles. The lowest BCUT2D eigenvalue weighted by atomic mass is 10.1. The van der Waals surface area contributed by atoms with Gasteiger partial charge in [-0.05, 0) is 42.5 Å². The topological polar surface area (TPSA) is 133 Å². The van der Waals surface area contributed by atoms with Gasteiger partial charge in [-0.2, -0.15) is 13.2 Å². The molecule has 0 spiro atoms. The van der Waals surface area contributed by atoms with Gasteiger partial charge in [0.25, 0.3) is 5.69 Å². The zero-order valence-corrected chi connectivity index (χ0v) is 25.2. The fourth-order valence-corrected chi connectivity index (χ4v) is 4.05. The van der Waals surface area contributed by atoms with E-state index in [0.717, 1.165) is 30.3 Å². The highest BCUT2D eigenvalue weighted by atomic mass is 35.5. The first-order valence-electron chi connectivity index (χ1n) is 12.7. The Morgan fingerprint density at radius 3 is 2.02 bits per heavy atom. The number of nitrogens with zero attached hydrogens (tertiary/aromatic N) is 1. The molecule has 11 nitrogen and oxygen atoms in total. The van der Waals surface area contributed by atoms with Crippen molar-refractivity contribution in [1.29, 1.82) is 0 Å². The minimum absolute atomic E-state index is 0.0409. The Kier molecular flexibility index (Phi) is 13.5. The molecule has 0 saturated carbocycles. The van der Waals surface area contributed by atoms with E-state index in [1.807, 2.05) is 0 Å². The van der Waals surface area contributed by atoms with E-state index in [1.165, 1.54) is 12.1 Å². The minimum atomic E-state index is -4.62. The molecule has 0 unspecified atom stereocenters. The number of alkyl halides is 3. The van der Waals surface area contributed by atoms with E-state index in [0.29, 0.717) is 11.1 Å². The second-order valence-electron chi connectivity index (χ2n) is 8.63. The monoisotopic (exact) mass is 695 g/mol. The number of nitro benzene ring substituents is 1. The van der Waals surface area contributed by atoms with E-state index in [4.69, 9.17) is 63.2 Å². The molecule has 0 aliphatic heterocycles. The second kappa shape index (κ2) is 17.0. The van der Waals surface area contributed by atoms with Crippen molar-refractivity contribution in [3.05, 3.63) is 90.9 Å². The third-order valence-corrected chi connectivity index (χ3v) is 6.26. The van der Waals surface area contributed by atoms with Crippen molar-refractivity contribution in [1.82, 2.24) is 0 Å². The second-order valence-corrected chi connectivity index (χ2v) is 9.88. The lowest BCUT2D eigenvalue weighted by Crippen LogP contribution is -2.18. The largest absolute Gasteiger partial charge is 0.480 e. The summed E-state index contributed by atoms with van der Waals surface area (Å²) in [6.45, 7) is -0.439. The Morgan fingerprint density at radius 1 is 0.778 bits per heavy atom. The maximum Gasteiger partial charge on any atom is 0.416 e. The predicted molar refractivity (Wildman–Crippen MR) is 154 cm³/mol. The number of carbonyl (C=O) groups excluding carboxylic acids is 2. The Labute approximate surface area is 268 Å². The number of halogens is 6. The molecule has 0 atom stereocenters. The van der Waals surface area contributed by atoms with Crippen LogP contribution in [0.15, 0.2) is 54.6 Å². The highest BCUT2D eigenvalue weighted by Gasteiger charge is 2.31. The van der Waals surface area contributed by atoms with Gasteiger partial charge < -0.3 is 28.4 Å². The van der Waals surface area contributed by atoms with Crippen molar-refractivity contribution in [2.45, 2.75) is 6.18 Å². The normalized spacial score (nSPS) is 11.2. The van der Waals surface area contributed by atoms with Crippen molar-refractivity contribution in [3.63, 3.8) is 0 Å². The summed E-state index contributed by atoms with van der Waals surface area (Å²) < 4.78 is 69.9. The molecule has 0 fully saturated rings. The van der Waals surface area contributed by atoms with Gasteiger partial charge in [-0.15, -0.1) is 0 Å². The average molecular weight is 697 g/mol. The molecule has 0 heterocycles. The smallest absolute Gasteiger partial charge is 0.416 e. The van der Waals surface area contributed by atoms with E-state index >= 15 is 0 Å². The number of benzene rings is 3. The van der Waals surface area contributed by atoms with Crippen molar-refractivity contribution in [3.8, 4) is 17.2 Å². The molecule has 0 radical (unpaired) electrons. The first kappa shape index (κ1) is 35.7. The molecule has 0 aliphatic rings. The van der Waals surface area contributed by atoms with Crippen molar-refractivity contribution in [2.75, 3.05) is 46.2 Å². The highest BCUT2D eigenvalue weighted by Crippen LogP contribution is 2.37. The van der Waals surface area contributed by atoms with Crippen LogP contribution in [0.25, 0.3) is 0 Å². The van der Waals surface area contributed by atoms with Crippen LogP contribution in [0.3, 0.4) is 0 Å². The number of hydrogen-bond acceptors (Lipinski definition) is 10. The summed E-state index contributed by atoms with van der Waals surface area (Å²) in [5, 5.41) is 11.7. The SMILES string of the molecule is O=C(COc1ccc(Cl)cc1Cl)OCCOCCOCCOC(=O)c1cc(Oc2ccc(C(F)(F)F)cc2Cl)ccc1[N+](=O)[O-]. The van der Waals surface area contributed by atoms with Gasteiger partial charge in [0, 0.05) is 17.2 Å². The van der Waals surface area contributed by atoms with Crippen LogP contribution in [0, 0.1) is 10.1 Å². The Hall–Kier alpha value is -3.82. The zero-order chi connectivity index (χ0) is 33.0. The highest BCUT2D eigenvalue weighted by molar-refractivity contribution is 6.35. The van der Waals surface area contributed by atoms with Gasteiger partial charge in [0.1, 0.15) is 36.0 Å². The van der Waals surface area contributed by atoms with E-state index in [9.17, 15) is 32.9 Å². The van der Waals surface area contributed by atoms with Crippen LogP contribution < -0.4 is 9.47 Å². The van der Waals surface area contributed by atoms with E-state index in [-0.39, 0.29) is 73.5 Å².